The summed E-state index contributed by atoms with van der Waals surface area (Å²) >= 11 is 0. The Morgan fingerprint density at radius 2 is 0.796 bits per heavy atom. The van der Waals surface area contributed by atoms with Crippen molar-refractivity contribution < 1.29 is 25.3 Å². The summed E-state index contributed by atoms with van der Waals surface area (Å²) in [4.78, 5) is 11.6. The molecular weight excluding hydrogens is 614 g/mol. The second kappa shape index (κ2) is 12.3. The molecule has 8 bridgehead atoms. The SMILES string of the molecule is CC(C)(C)c1cc2c(O)c(c1)Cc1cc([N+](=O)[O-])cc(c1O)Cc1cc(C(C)(C)C)cc(c1O)Cc1cc(-c3ccccc3)cc(c1O)C2. The lowest BCUT2D eigenvalue weighted by molar-refractivity contribution is -0.385. The van der Waals surface area contributed by atoms with Gasteiger partial charge in [-0.05, 0) is 78.6 Å². The fourth-order valence-corrected chi connectivity index (χ4v) is 6.69. The van der Waals surface area contributed by atoms with Crippen LogP contribution in [-0.2, 0) is 36.5 Å². The summed E-state index contributed by atoms with van der Waals surface area (Å²) in [7, 11) is 0. The average Bonchev–Trinajstić information content (AvgIpc) is 3.03. The maximum atomic E-state index is 12.1. The van der Waals surface area contributed by atoms with E-state index in [1.54, 1.807) is 0 Å². The van der Waals surface area contributed by atoms with Crippen LogP contribution in [0.1, 0.15) is 97.2 Å². The van der Waals surface area contributed by atoms with Crippen molar-refractivity contribution in [1.82, 2.24) is 0 Å². The minimum absolute atomic E-state index is 0.0105. The van der Waals surface area contributed by atoms with Crippen molar-refractivity contribution in [3.63, 3.8) is 0 Å². The highest BCUT2D eigenvalue weighted by Gasteiger charge is 2.26. The Kier molecular flexibility index (Phi) is 8.43. The molecule has 0 heterocycles. The second-order valence-electron chi connectivity index (χ2n) is 15.4. The van der Waals surface area contributed by atoms with Crippen LogP contribution in [0.2, 0.25) is 0 Å². The Balaban J connectivity index is 1.68. The number of benzene rings is 5. The lowest BCUT2D eigenvalue weighted by Crippen LogP contribution is -2.13. The van der Waals surface area contributed by atoms with Crippen molar-refractivity contribution in [2.45, 2.75) is 78.1 Å². The van der Waals surface area contributed by atoms with Gasteiger partial charge in [0, 0.05) is 48.9 Å². The number of rotatable bonds is 2. The van der Waals surface area contributed by atoms with Crippen LogP contribution >= 0.6 is 0 Å². The van der Waals surface area contributed by atoms with Gasteiger partial charge >= 0.3 is 0 Å². The maximum Gasteiger partial charge on any atom is 0.270 e. The van der Waals surface area contributed by atoms with Crippen LogP contribution in [0.5, 0.6) is 23.0 Å². The number of nitrogens with zero attached hydrogens (tertiary/aromatic N) is 1. The van der Waals surface area contributed by atoms with E-state index < -0.39 is 4.92 Å². The van der Waals surface area contributed by atoms with Gasteiger partial charge in [0.1, 0.15) is 23.0 Å². The second-order valence-corrected chi connectivity index (χ2v) is 15.4. The standard InChI is InChI=1S/C42H43NO6/c1-41(2,3)34-18-28-14-26-12-25(24-10-8-7-9-11-24)13-27(37(26)44)15-29-19-35(42(4,5)6)21-31(39(29)46)17-33-23-36(43(48)49)22-32(40(33)47)16-30(20-34)38(28)45/h7-13,18-23,44-47H,14-17H2,1-6H3. The minimum Gasteiger partial charge on any atom is -0.507 e. The molecule has 0 saturated heterocycles. The number of hydrogen-bond donors (Lipinski definition) is 4. The number of hydrogen-bond acceptors (Lipinski definition) is 6. The van der Waals surface area contributed by atoms with Crippen molar-refractivity contribution >= 4 is 5.69 Å². The molecule has 5 aromatic rings. The molecule has 252 valence electrons. The first-order valence-electron chi connectivity index (χ1n) is 16.6. The van der Waals surface area contributed by atoms with Crippen LogP contribution < -0.4 is 0 Å². The topological polar surface area (TPSA) is 124 Å². The van der Waals surface area contributed by atoms with Gasteiger partial charge in [-0.3, -0.25) is 10.1 Å². The normalized spacial score (nSPS) is 13.3. The van der Waals surface area contributed by atoms with E-state index in [2.05, 4.69) is 41.5 Å². The molecule has 5 aromatic carbocycles. The van der Waals surface area contributed by atoms with E-state index in [0.717, 1.165) is 22.3 Å². The van der Waals surface area contributed by atoms with Crippen LogP contribution in [0.15, 0.2) is 78.9 Å². The number of aromatic hydroxyl groups is 4. The van der Waals surface area contributed by atoms with Crippen LogP contribution in [0.3, 0.4) is 0 Å². The molecule has 1 aliphatic rings. The molecule has 0 radical (unpaired) electrons. The highest BCUT2D eigenvalue weighted by molar-refractivity contribution is 5.69. The fraction of sp³-hybridized carbons (Fsp3) is 0.286. The van der Waals surface area contributed by atoms with Gasteiger partial charge in [-0.2, -0.15) is 0 Å². The summed E-state index contributed by atoms with van der Waals surface area (Å²) in [5, 5.41) is 59.2. The van der Waals surface area contributed by atoms with Crippen molar-refractivity contribution in [2.24, 2.45) is 0 Å². The smallest absolute Gasteiger partial charge is 0.270 e. The summed E-state index contributed by atoms with van der Waals surface area (Å²) in [6.07, 6.45) is 0.467. The Morgan fingerprint density at radius 1 is 0.490 bits per heavy atom. The molecule has 7 nitrogen and oxygen atoms in total. The number of nitro benzene ring substituents is 1. The third kappa shape index (κ3) is 6.71. The number of fused-ring (bicyclic) bond motifs is 8. The molecule has 0 fully saturated rings. The molecule has 0 unspecified atom stereocenters. The van der Waals surface area contributed by atoms with Crippen molar-refractivity contribution in [2.75, 3.05) is 0 Å². The summed E-state index contributed by atoms with van der Waals surface area (Å²) in [6.45, 7) is 12.4. The van der Waals surface area contributed by atoms with E-state index in [1.165, 1.54) is 12.1 Å². The van der Waals surface area contributed by atoms with Crippen molar-refractivity contribution in [3.05, 3.63) is 145 Å². The van der Waals surface area contributed by atoms with E-state index >= 15 is 0 Å². The van der Waals surface area contributed by atoms with Gasteiger partial charge in [-0.25, -0.2) is 0 Å². The summed E-state index contributed by atoms with van der Waals surface area (Å²) in [5.41, 5.74) is 6.97. The number of phenols is 4. The van der Waals surface area contributed by atoms with Crippen LogP contribution in [0.4, 0.5) is 5.69 Å². The highest BCUT2D eigenvalue weighted by atomic mass is 16.6. The Bertz CT molecular complexity index is 1980. The highest BCUT2D eigenvalue weighted by Crippen LogP contribution is 2.42. The fourth-order valence-electron chi connectivity index (χ4n) is 6.69. The maximum absolute atomic E-state index is 12.1. The molecule has 1 aliphatic carbocycles. The van der Waals surface area contributed by atoms with E-state index in [4.69, 9.17) is 0 Å². The number of non-ortho nitro benzene ring substituents is 1. The number of phenolic OH excluding ortho intramolecular Hbond substituents is 4. The zero-order chi connectivity index (χ0) is 35.4. The number of nitro groups is 1. The molecule has 6 rings (SSSR count). The summed E-state index contributed by atoms with van der Waals surface area (Å²) < 4.78 is 0. The molecular formula is C42H43NO6. The first kappa shape index (κ1) is 33.6. The molecule has 0 atom stereocenters. The van der Waals surface area contributed by atoms with Gasteiger partial charge in [-0.15, -0.1) is 0 Å². The van der Waals surface area contributed by atoms with Gasteiger partial charge in [0.05, 0.1) is 4.92 Å². The molecule has 0 spiro atoms. The minimum atomic E-state index is -0.488. The third-order valence-electron chi connectivity index (χ3n) is 9.63. The molecule has 7 heteroatoms. The van der Waals surface area contributed by atoms with E-state index in [0.29, 0.717) is 44.5 Å². The average molecular weight is 658 g/mol. The third-order valence-corrected chi connectivity index (χ3v) is 9.63. The van der Waals surface area contributed by atoms with Gasteiger partial charge < -0.3 is 20.4 Å². The Labute approximate surface area is 287 Å². The van der Waals surface area contributed by atoms with E-state index in [9.17, 15) is 30.5 Å². The van der Waals surface area contributed by atoms with E-state index in [1.807, 2.05) is 66.7 Å². The van der Waals surface area contributed by atoms with Crippen LogP contribution in [-0.4, -0.2) is 25.3 Å². The zero-order valence-corrected chi connectivity index (χ0v) is 28.9. The van der Waals surface area contributed by atoms with Gasteiger partial charge in [0.2, 0.25) is 0 Å². The quantitative estimate of drug-likeness (QED) is 0.109. The Morgan fingerprint density at radius 3 is 1.10 bits per heavy atom. The molecule has 0 saturated carbocycles. The predicted octanol–water partition coefficient (Wildman–Crippen LogP) is 9.36. The monoisotopic (exact) mass is 657 g/mol. The predicted molar refractivity (Wildman–Crippen MR) is 193 cm³/mol. The lowest BCUT2D eigenvalue weighted by atomic mass is 9.81. The summed E-state index contributed by atoms with van der Waals surface area (Å²) in [6, 6.07) is 24.1. The molecule has 0 amide bonds. The van der Waals surface area contributed by atoms with E-state index in [-0.39, 0.29) is 65.2 Å². The lowest BCUT2D eigenvalue weighted by Gasteiger charge is -2.24. The van der Waals surface area contributed by atoms with Crippen LogP contribution in [0, 0.1) is 10.1 Å². The zero-order valence-electron chi connectivity index (χ0n) is 28.9. The van der Waals surface area contributed by atoms with Gasteiger partial charge in [-0.1, -0.05) is 96.1 Å². The molecule has 49 heavy (non-hydrogen) atoms. The van der Waals surface area contributed by atoms with Crippen LogP contribution in [0.25, 0.3) is 11.1 Å². The van der Waals surface area contributed by atoms with Crippen molar-refractivity contribution in [1.29, 1.82) is 0 Å². The molecule has 0 aliphatic heterocycles. The van der Waals surface area contributed by atoms with Crippen molar-refractivity contribution in [3.8, 4) is 34.1 Å². The summed E-state index contributed by atoms with van der Waals surface area (Å²) in [5.74, 6) is -0.000587. The first-order chi connectivity index (χ1) is 23.0. The van der Waals surface area contributed by atoms with Gasteiger partial charge in [0.25, 0.3) is 5.69 Å². The Hall–Kier alpha value is -5.30. The van der Waals surface area contributed by atoms with Gasteiger partial charge in [0.15, 0.2) is 0 Å². The largest absolute Gasteiger partial charge is 0.507 e. The molecule has 4 N–H and O–H groups in total. The first-order valence-corrected chi connectivity index (χ1v) is 16.6. The molecule has 0 aromatic heterocycles.